The highest BCUT2D eigenvalue weighted by Gasteiger charge is 2.21. The molecule has 6 nitrogen and oxygen atoms in total. The fraction of sp³-hybridized carbons (Fsp3) is 0.320. The first-order valence-corrected chi connectivity index (χ1v) is 11.8. The van der Waals surface area contributed by atoms with Crippen LogP contribution in [0, 0.1) is 6.92 Å². The first kappa shape index (κ1) is 24.7. The highest BCUT2D eigenvalue weighted by atomic mass is 35.5. The average molecular weight is 485 g/mol. The van der Waals surface area contributed by atoms with Crippen LogP contribution >= 0.6 is 23.7 Å². The Balaban J connectivity index is 0.00000306. The van der Waals surface area contributed by atoms with E-state index < -0.39 is 0 Å². The molecule has 0 atom stereocenters. The Kier molecular flexibility index (Phi) is 8.86. The lowest BCUT2D eigenvalue weighted by Crippen LogP contribution is -2.32. The number of imidazole rings is 1. The van der Waals surface area contributed by atoms with E-state index in [0.717, 1.165) is 52.5 Å². The SMILES string of the molecule is CCCCOc1ccc(C(=O)N(CCCn2ccnc2)c2nc3c(C)cccc3s2)cc1.Cl. The molecule has 0 aliphatic heterocycles. The van der Waals surface area contributed by atoms with Crippen LogP contribution in [0.1, 0.15) is 42.1 Å². The van der Waals surface area contributed by atoms with Gasteiger partial charge in [0.25, 0.3) is 5.91 Å². The molecule has 0 aliphatic rings. The number of nitrogens with zero attached hydrogens (tertiary/aromatic N) is 4. The van der Waals surface area contributed by atoms with E-state index in [0.29, 0.717) is 18.7 Å². The molecule has 0 N–H and O–H groups in total. The van der Waals surface area contributed by atoms with Gasteiger partial charge in [-0.2, -0.15) is 0 Å². The van der Waals surface area contributed by atoms with Gasteiger partial charge in [-0.15, -0.1) is 12.4 Å². The molecule has 2 aromatic heterocycles. The number of amides is 1. The number of benzene rings is 2. The van der Waals surface area contributed by atoms with Crippen molar-refractivity contribution < 1.29 is 9.53 Å². The van der Waals surface area contributed by atoms with Crippen molar-refractivity contribution in [2.75, 3.05) is 18.1 Å². The Morgan fingerprint density at radius 3 is 2.67 bits per heavy atom. The molecule has 4 rings (SSSR count). The number of ether oxygens (including phenoxy) is 1. The molecule has 0 saturated carbocycles. The van der Waals surface area contributed by atoms with Crippen LogP contribution < -0.4 is 9.64 Å². The number of halogens is 1. The lowest BCUT2D eigenvalue weighted by atomic mass is 10.2. The average Bonchev–Trinajstić information content (AvgIpc) is 3.48. The van der Waals surface area contributed by atoms with Crippen molar-refractivity contribution in [3.63, 3.8) is 0 Å². The van der Waals surface area contributed by atoms with Gasteiger partial charge in [0.15, 0.2) is 5.13 Å². The van der Waals surface area contributed by atoms with Gasteiger partial charge in [0.2, 0.25) is 0 Å². The summed E-state index contributed by atoms with van der Waals surface area (Å²) in [6, 6.07) is 13.6. The van der Waals surface area contributed by atoms with Gasteiger partial charge in [-0.25, -0.2) is 9.97 Å². The third-order valence-corrected chi connectivity index (χ3v) is 6.35. The van der Waals surface area contributed by atoms with Crippen LogP contribution in [0.15, 0.2) is 61.2 Å². The molecule has 0 spiro atoms. The van der Waals surface area contributed by atoms with Gasteiger partial charge in [-0.1, -0.05) is 36.8 Å². The minimum absolute atomic E-state index is 0. The number of aromatic nitrogens is 3. The minimum Gasteiger partial charge on any atom is -0.494 e. The fourth-order valence-corrected chi connectivity index (χ4v) is 4.56. The fourth-order valence-electron chi connectivity index (χ4n) is 3.49. The molecule has 0 bridgehead atoms. The van der Waals surface area contributed by atoms with E-state index in [1.807, 2.05) is 54.1 Å². The predicted octanol–water partition coefficient (Wildman–Crippen LogP) is 6.14. The molecule has 8 heteroatoms. The van der Waals surface area contributed by atoms with Crippen molar-refractivity contribution >= 4 is 45.0 Å². The maximum absolute atomic E-state index is 13.5. The minimum atomic E-state index is -0.0487. The predicted molar refractivity (Wildman–Crippen MR) is 137 cm³/mol. The molecule has 0 radical (unpaired) electrons. The Bertz CT molecular complexity index is 1160. The van der Waals surface area contributed by atoms with Crippen LogP contribution in [0.25, 0.3) is 10.2 Å². The van der Waals surface area contributed by atoms with Gasteiger partial charge in [-0.05, 0) is 55.7 Å². The van der Waals surface area contributed by atoms with Gasteiger partial charge in [-0.3, -0.25) is 9.69 Å². The van der Waals surface area contributed by atoms with Gasteiger partial charge in [0.05, 0.1) is 23.2 Å². The quantitative estimate of drug-likeness (QED) is 0.254. The number of aryl methyl sites for hydroxylation is 2. The maximum Gasteiger partial charge on any atom is 0.260 e. The van der Waals surface area contributed by atoms with E-state index in [4.69, 9.17) is 9.72 Å². The summed E-state index contributed by atoms with van der Waals surface area (Å²) in [5, 5.41) is 0.730. The van der Waals surface area contributed by atoms with Crippen LogP contribution in [0.3, 0.4) is 0 Å². The standard InChI is InChI=1S/C25H28N4O2S.ClH/c1-3-4-17-31-21-11-9-20(10-12-21)24(30)29(15-6-14-28-16-13-26-18-28)25-27-23-19(2)7-5-8-22(23)32-25;/h5,7-13,16,18H,3-4,6,14-15,17H2,1-2H3;1H. The third-order valence-electron chi connectivity index (χ3n) is 5.31. The topological polar surface area (TPSA) is 60.2 Å². The number of fused-ring (bicyclic) bond motifs is 1. The smallest absolute Gasteiger partial charge is 0.260 e. The van der Waals surface area contributed by atoms with Crippen LogP contribution in [0.2, 0.25) is 0 Å². The summed E-state index contributed by atoms with van der Waals surface area (Å²) in [6.45, 7) is 6.24. The Morgan fingerprint density at radius 1 is 1.15 bits per heavy atom. The van der Waals surface area contributed by atoms with Crippen molar-refractivity contribution in [3.8, 4) is 5.75 Å². The molecule has 0 aliphatic carbocycles. The largest absolute Gasteiger partial charge is 0.494 e. The van der Waals surface area contributed by atoms with E-state index in [1.165, 1.54) is 0 Å². The zero-order chi connectivity index (χ0) is 22.3. The van der Waals surface area contributed by atoms with Crippen LogP contribution in [0.5, 0.6) is 5.75 Å². The van der Waals surface area contributed by atoms with E-state index in [1.54, 1.807) is 28.8 Å². The number of thiazole rings is 1. The van der Waals surface area contributed by atoms with Crippen LogP contribution in [-0.4, -0.2) is 33.6 Å². The summed E-state index contributed by atoms with van der Waals surface area (Å²) in [4.78, 5) is 24.2. The Morgan fingerprint density at radius 2 is 1.97 bits per heavy atom. The number of hydrogen-bond donors (Lipinski definition) is 0. The second kappa shape index (κ2) is 11.8. The number of hydrogen-bond acceptors (Lipinski definition) is 5. The third kappa shape index (κ3) is 6.12. The first-order chi connectivity index (χ1) is 15.7. The molecule has 2 aromatic carbocycles. The van der Waals surface area contributed by atoms with Crippen molar-refractivity contribution in [2.45, 2.75) is 39.7 Å². The lowest BCUT2D eigenvalue weighted by Gasteiger charge is -2.20. The number of carbonyl (C=O) groups is 1. The summed E-state index contributed by atoms with van der Waals surface area (Å²) in [5.74, 6) is 0.740. The summed E-state index contributed by atoms with van der Waals surface area (Å²) in [5.41, 5.74) is 2.70. The molecular weight excluding hydrogens is 456 g/mol. The van der Waals surface area contributed by atoms with Gasteiger partial charge in [0.1, 0.15) is 5.75 Å². The van der Waals surface area contributed by atoms with Gasteiger partial charge >= 0.3 is 0 Å². The van der Waals surface area contributed by atoms with Crippen LogP contribution in [-0.2, 0) is 6.54 Å². The number of rotatable bonds is 10. The highest BCUT2D eigenvalue weighted by molar-refractivity contribution is 7.22. The van der Waals surface area contributed by atoms with E-state index in [9.17, 15) is 4.79 Å². The van der Waals surface area contributed by atoms with E-state index in [2.05, 4.69) is 18.0 Å². The first-order valence-electron chi connectivity index (χ1n) is 11.0. The lowest BCUT2D eigenvalue weighted by molar-refractivity contribution is 0.0986. The van der Waals surface area contributed by atoms with Crippen molar-refractivity contribution in [3.05, 3.63) is 72.3 Å². The Hall–Kier alpha value is -2.90. The number of unbranched alkanes of at least 4 members (excludes halogenated alkanes) is 1. The highest BCUT2D eigenvalue weighted by Crippen LogP contribution is 2.31. The zero-order valence-corrected chi connectivity index (χ0v) is 20.6. The number of carbonyl (C=O) groups excluding carboxylic acids is 1. The molecule has 0 unspecified atom stereocenters. The molecule has 1 amide bonds. The van der Waals surface area contributed by atoms with Gasteiger partial charge in [0, 0.05) is 31.0 Å². The molecular formula is C25H29ClN4O2S. The summed E-state index contributed by atoms with van der Waals surface area (Å²) in [6.07, 6.45) is 8.40. The summed E-state index contributed by atoms with van der Waals surface area (Å²) in [7, 11) is 0. The second-order valence-corrected chi connectivity index (χ2v) is 8.76. The van der Waals surface area contributed by atoms with Gasteiger partial charge < -0.3 is 9.30 Å². The van der Waals surface area contributed by atoms with Crippen molar-refractivity contribution in [2.24, 2.45) is 0 Å². The molecule has 4 aromatic rings. The number of anilines is 1. The molecule has 0 saturated heterocycles. The van der Waals surface area contributed by atoms with Crippen molar-refractivity contribution in [1.29, 1.82) is 0 Å². The number of para-hydroxylation sites is 1. The van der Waals surface area contributed by atoms with E-state index in [-0.39, 0.29) is 18.3 Å². The molecule has 0 fully saturated rings. The maximum atomic E-state index is 13.5. The Labute approximate surface area is 204 Å². The van der Waals surface area contributed by atoms with Crippen molar-refractivity contribution in [1.82, 2.24) is 14.5 Å². The normalized spacial score (nSPS) is 10.7. The monoisotopic (exact) mass is 484 g/mol. The van der Waals surface area contributed by atoms with Crippen LogP contribution in [0.4, 0.5) is 5.13 Å². The summed E-state index contributed by atoms with van der Waals surface area (Å²) < 4.78 is 8.85. The van der Waals surface area contributed by atoms with E-state index >= 15 is 0 Å². The zero-order valence-electron chi connectivity index (χ0n) is 18.9. The second-order valence-electron chi connectivity index (χ2n) is 7.76. The molecule has 2 heterocycles. The molecule has 33 heavy (non-hydrogen) atoms. The molecule has 174 valence electrons. The summed E-state index contributed by atoms with van der Waals surface area (Å²) >= 11 is 1.56.